The fourth-order valence-corrected chi connectivity index (χ4v) is 2.86. The molecule has 1 atom stereocenters. The van der Waals surface area contributed by atoms with Gasteiger partial charge in [0.15, 0.2) is 5.60 Å². The molecule has 1 aliphatic rings. The minimum Gasteiger partial charge on any atom is -0.441 e. The van der Waals surface area contributed by atoms with Crippen molar-refractivity contribution in [1.29, 1.82) is 0 Å². The van der Waals surface area contributed by atoms with Crippen molar-refractivity contribution in [2.45, 2.75) is 30.2 Å². The van der Waals surface area contributed by atoms with Gasteiger partial charge in [-0.1, -0.05) is 52.7 Å². The molecule has 100 valence electrons. The van der Waals surface area contributed by atoms with E-state index in [2.05, 4.69) is 20.9 Å². The van der Waals surface area contributed by atoms with E-state index in [-0.39, 0.29) is 5.92 Å². The van der Waals surface area contributed by atoms with E-state index in [9.17, 15) is 5.11 Å². The van der Waals surface area contributed by atoms with Crippen molar-refractivity contribution in [3.05, 3.63) is 53.7 Å². The number of oxazole rings is 1. The van der Waals surface area contributed by atoms with E-state index < -0.39 is 5.60 Å². The van der Waals surface area contributed by atoms with Gasteiger partial charge in [-0.25, -0.2) is 4.98 Å². The van der Waals surface area contributed by atoms with Crippen molar-refractivity contribution < 1.29 is 9.52 Å². The topological polar surface area (TPSA) is 46.3 Å². The fourth-order valence-electron chi connectivity index (χ4n) is 2.60. The Kier molecular flexibility index (Phi) is 3.46. The molecule has 0 bridgehead atoms. The highest BCUT2D eigenvalue weighted by atomic mass is 79.9. The second-order valence-electron chi connectivity index (χ2n) is 5.03. The van der Waals surface area contributed by atoms with E-state index in [4.69, 9.17) is 4.42 Å². The van der Waals surface area contributed by atoms with E-state index in [1.54, 1.807) is 6.20 Å². The Morgan fingerprint density at radius 1 is 1.32 bits per heavy atom. The van der Waals surface area contributed by atoms with Crippen LogP contribution in [0, 0.1) is 5.92 Å². The quantitative estimate of drug-likeness (QED) is 0.875. The summed E-state index contributed by atoms with van der Waals surface area (Å²) in [7, 11) is 0. The fraction of sp³-hybridized carbons (Fsp3) is 0.400. The van der Waals surface area contributed by atoms with Crippen molar-refractivity contribution in [3.8, 4) is 0 Å². The average molecular weight is 322 g/mol. The minimum absolute atomic E-state index is 0.191. The van der Waals surface area contributed by atoms with Crippen molar-refractivity contribution in [2.75, 3.05) is 0 Å². The molecule has 1 N–H and O–H groups in total. The Bertz CT molecular complexity index is 550. The Labute approximate surface area is 120 Å². The van der Waals surface area contributed by atoms with Crippen LogP contribution in [0.2, 0.25) is 0 Å². The summed E-state index contributed by atoms with van der Waals surface area (Å²) >= 11 is 3.35. The highest BCUT2D eigenvalue weighted by Crippen LogP contribution is 2.46. The molecule has 3 rings (SSSR count). The number of benzene rings is 1. The first-order chi connectivity index (χ1) is 9.25. The van der Waals surface area contributed by atoms with Crippen LogP contribution in [0.5, 0.6) is 0 Å². The summed E-state index contributed by atoms with van der Waals surface area (Å²) in [6, 6.07) is 9.71. The van der Waals surface area contributed by atoms with E-state index in [0.29, 0.717) is 11.2 Å². The first-order valence-electron chi connectivity index (χ1n) is 6.54. The lowest BCUT2D eigenvalue weighted by Crippen LogP contribution is -2.40. The maximum Gasteiger partial charge on any atom is 0.231 e. The molecule has 4 heteroatoms. The van der Waals surface area contributed by atoms with E-state index in [1.807, 2.05) is 30.3 Å². The number of nitrogens with zero attached hydrogens (tertiary/aromatic N) is 1. The summed E-state index contributed by atoms with van der Waals surface area (Å²) in [5, 5.41) is 11.8. The van der Waals surface area contributed by atoms with Gasteiger partial charge < -0.3 is 9.52 Å². The van der Waals surface area contributed by atoms with Crippen LogP contribution in [0.3, 0.4) is 0 Å². The molecule has 1 aromatic carbocycles. The standard InChI is InChI=1S/C15H16BrNO2/c16-9-13-10-17-14(19-13)15(18,12-7-4-8-12)11-5-2-1-3-6-11/h1-3,5-6,10,12,18H,4,7-9H2. The lowest BCUT2D eigenvalue weighted by molar-refractivity contribution is -0.0412. The highest BCUT2D eigenvalue weighted by molar-refractivity contribution is 9.08. The molecule has 1 unspecified atom stereocenters. The second kappa shape index (κ2) is 5.10. The molecular formula is C15H16BrNO2. The van der Waals surface area contributed by atoms with Crippen LogP contribution >= 0.6 is 15.9 Å². The third-order valence-corrected chi connectivity index (χ3v) is 4.47. The third kappa shape index (κ3) is 2.13. The van der Waals surface area contributed by atoms with Crippen LogP contribution in [-0.4, -0.2) is 10.1 Å². The zero-order valence-corrected chi connectivity index (χ0v) is 12.1. The van der Waals surface area contributed by atoms with E-state index in [1.165, 1.54) is 0 Å². The lowest BCUT2D eigenvalue weighted by atomic mass is 9.69. The normalized spacial score (nSPS) is 18.8. The Morgan fingerprint density at radius 2 is 2.05 bits per heavy atom. The number of halogens is 1. The zero-order chi connectivity index (χ0) is 13.3. The summed E-state index contributed by atoms with van der Waals surface area (Å²) in [6.07, 6.45) is 4.86. The predicted molar refractivity (Wildman–Crippen MR) is 75.9 cm³/mol. The van der Waals surface area contributed by atoms with Crippen LogP contribution in [-0.2, 0) is 10.9 Å². The molecule has 1 aliphatic carbocycles. The van der Waals surface area contributed by atoms with Crippen molar-refractivity contribution >= 4 is 15.9 Å². The number of hydrogen-bond donors (Lipinski definition) is 1. The van der Waals surface area contributed by atoms with Gasteiger partial charge in [-0.15, -0.1) is 0 Å². The monoisotopic (exact) mass is 321 g/mol. The summed E-state index contributed by atoms with van der Waals surface area (Å²) in [5.74, 6) is 1.35. The minimum atomic E-state index is -1.10. The van der Waals surface area contributed by atoms with Gasteiger partial charge in [-0.2, -0.15) is 0 Å². The number of aromatic nitrogens is 1. The molecule has 1 heterocycles. The molecule has 1 saturated carbocycles. The zero-order valence-electron chi connectivity index (χ0n) is 10.6. The van der Waals surface area contributed by atoms with Gasteiger partial charge in [0.25, 0.3) is 0 Å². The Morgan fingerprint density at radius 3 is 2.58 bits per heavy atom. The van der Waals surface area contributed by atoms with Gasteiger partial charge in [0.2, 0.25) is 5.89 Å². The van der Waals surface area contributed by atoms with Crippen LogP contribution < -0.4 is 0 Å². The summed E-state index contributed by atoms with van der Waals surface area (Å²) < 4.78 is 5.70. The van der Waals surface area contributed by atoms with Gasteiger partial charge >= 0.3 is 0 Å². The molecule has 0 aliphatic heterocycles. The molecule has 19 heavy (non-hydrogen) atoms. The smallest absolute Gasteiger partial charge is 0.231 e. The van der Waals surface area contributed by atoms with Gasteiger partial charge in [-0.05, 0) is 18.4 Å². The van der Waals surface area contributed by atoms with Crippen molar-refractivity contribution in [1.82, 2.24) is 4.98 Å². The maximum atomic E-state index is 11.2. The largest absolute Gasteiger partial charge is 0.441 e. The van der Waals surface area contributed by atoms with Crippen LogP contribution in [0.25, 0.3) is 0 Å². The molecular weight excluding hydrogens is 306 g/mol. The summed E-state index contributed by atoms with van der Waals surface area (Å²) in [5.41, 5.74) is -0.234. The first kappa shape index (κ1) is 12.9. The van der Waals surface area contributed by atoms with Gasteiger partial charge in [-0.3, -0.25) is 0 Å². The Hall–Kier alpha value is -1.13. The molecule has 3 nitrogen and oxygen atoms in total. The number of aliphatic hydroxyl groups is 1. The lowest BCUT2D eigenvalue weighted by Gasteiger charge is -2.39. The van der Waals surface area contributed by atoms with Gasteiger partial charge in [0, 0.05) is 5.92 Å². The number of hydrogen-bond acceptors (Lipinski definition) is 3. The molecule has 0 radical (unpaired) electrons. The molecule has 0 spiro atoms. The van der Waals surface area contributed by atoms with Gasteiger partial charge in [0.1, 0.15) is 5.76 Å². The first-order valence-corrected chi connectivity index (χ1v) is 7.66. The molecule has 1 aromatic heterocycles. The van der Waals surface area contributed by atoms with Crippen LogP contribution in [0.4, 0.5) is 0 Å². The molecule has 0 amide bonds. The number of rotatable bonds is 4. The average Bonchev–Trinajstić information content (AvgIpc) is 2.87. The highest BCUT2D eigenvalue weighted by Gasteiger charge is 2.46. The molecule has 2 aromatic rings. The molecule has 1 fully saturated rings. The summed E-state index contributed by atoms with van der Waals surface area (Å²) in [4.78, 5) is 4.29. The van der Waals surface area contributed by atoms with Crippen LogP contribution in [0.15, 0.2) is 40.9 Å². The molecule has 0 saturated heterocycles. The third-order valence-electron chi connectivity index (χ3n) is 3.92. The SMILES string of the molecule is OC(c1ccccc1)(c1ncc(CBr)o1)C1CCC1. The van der Waals surface area contributed by atoms with Crippen molar-refractivity contribution in [2.24, 2.45) is 5.92 Å². The second-order valence-corrected chi connectivity index (χ2v) is 5.59. The van der Waals surface area contributed by atoms with E-state index in [0.717, 1.165) is 30.6 Å². The Balaban J connectivity index is 2.06. The predicted octanol–water partition coefficient (Wildman–Crippen LogP) is 3.61. The van der Waals surface area contributed by atoms with Crippen molar-refractivity contribution in [3.63, 3.8) is 0 Å². The van der Waals surface area contributed by atoms with Crippen LogP contribution in [0.1, 0.15) is 36.5 Å². The van der Waals surface area contributed by atoms with E-state index >= 15 is 0 Å². The summed E-state index contributed by atoms with van der Waals surface area (Å²) in [6.45, 7) is 0. The maximum absolute atomic E-state index is 11.2. The van der Waals surface area contributed by atoms with Gasteiger partial charge in [0.05, 0.1) is 11.5 Å². The number of alkyl halides is 1.